The van der Waals surface area contributed by atoms with Gasteiger partial charge in [-0.2, -0.15) is 0 Å². The van der Waals surface area contributed by atoms with Crippen molar-refractivity contribution >= 4 is 11.7 Å². The molecule has 1 aromatic carbocycles. The second kappa shape index (κ2) is 8.70. The Morgan fingerprint density at radius 1 is 1.23 bits per heavy atom. The number of amides is 1. The topological polar surface area (TPSA) is 88.6 Å². The molecule has 1 saturated heterocycles. The zero-order chi connectivity index (χ0) is 22.0. The van der Waals surface area contributed by atoms with Crippen molar-refractivity contribution in [2.45, 2.75) is 51.3 Å². The highest BCUT2D eigenvalue weighted by molar-refractivity contribution is 5.85. The van der Waals surface area contributed by atoms with E-state index in [0.717, 1.165) is 48.0 Å². The molecule has 0 aliphatic carbocycles. The fraction of sp³-hybridized carbons (Fsp3) is 0.522. The molecule has 0 unspecified atom stereocenters. The quantitative estimate of drug-likeness (QED) is 0.736. The van der Waals surface area contributed by atoms with Crippen LogP contribution in [-0.2, 0) is 17.8 Å². The number of aromatic nitrogens is 2. The monoisotopic (exact) mass is 425 g/mol. The Morgan fingerprint density at radius 3 is 2.61 bits per heavy atom. The van der Waals surface area contributed by atoms with Crippen molar-refractivity contribution < 1.29 is 14.3 Å². The molecule has 3 heterocycles. The number of nitrogens with zero attached hydrogens (tertiary/aromatic N) is 3. The van der Waals surface area contributed by atoms with Crippen LogP contribution >= 0.6 is 0 Å². The van der Waals surface area contributed by atoms with Crippen molar-refractivity contribution in [3.05, 3.63) is 41.3 Å². The zero-order valence-corrected chi connectivity index (χ0v) is 18.7. The number of carbonyl (C=O) groups is 1. The summed E-state index contributed by atoms with van der Waals surface area (Å²) in [6.07, 6.45) is 2.88. The number of anilines is 1. The van der Waals surface area contributed by atoms with Gasteiger partial charge >= 0.3 is 0 Å². The van der Waals surface area contributed by atoms with Crippen LogP contribution in [0, 0.1) is 0 Å². The largest absolute Gasteiger partial charge is 0.497 e. The summed E-state index contributed by atoms with van der Waals surface area (Å²) in [5.41, 5.74) is 1.02. The fourth-order valence-corrected chi connectivity index (χ4v) is 4.25. The first kappa shape index (κ1) is 21.4. The normalized spacial score (nSPS) is 18.5. The average molecular weight is 426 g/mol. The molecule has 8 heteroatoms. The molecule has 0 radical (unpaired) electrons. The van der Waals surface area contributed by atoms with Gasteiger partial charge in [-0.25, -0.2) is 9.97 Å². The number of ether oxygens (including phenoxy) is 2. The first-order valence-electron chi connectivity index (χ1n) is 10.8. The predicted molar refractivity (Wildman–Crippen MR) is 118 cm³/mol. The Bertz CT molecular complexity index is 939. The molecule has 0 saturated carbocycles. The third-order valence-corrected chi connectivity index (χ3v) is 5.93. The van der Waals surface area contributed by atoms with Crippen LogP contribution in [0.1, 0.15) is 49.8 Å². The van der Waals surface area contributed by atoms with Gasteiger partial charge in [0.25, 0.3) is 5.91 Å². The molecule has 1 fully saturated rings. The van der Waals surface area contributed by atoms with Gasteiger partial charge in [0.1, 0.15) is 23.1 Å². The number of benzene rings is 1. The Hall–Kier alpha value is -2.87. The first-order chi connectivity index (χ1) is 14.9. The van der Waals surface area contributed by atoms with Gasteiger partial charge in [-0.3, -0.25) is 4.79 Å². The van der Waals surface area contributed by atoms with Crippen LogP contribution in [0.2, 0.25) is 0 Å². The smallest absolute Gasteiger partial charge is 0.266 e. The molecule has 2 N–H and O–H groups in total. The van der Waals surface area contributed by atoms with Crippen LogP contribution in [0.3, 0.4) is 0 Å². The van der Waals surface area contributed by atoms with Crippen molar-refractivity contribution in [1.29, 1.82) is 0 Å². The summed E-state index contributed by atoms with van der Waals surface area (Å²) >= 11 is 0. The van der Waals surface area contributed by atoms with E-state index in [-0.39, 0.29) is 11.9 Å². The highest BCUT2D eigenvalue weighted by Gasteiger charge is 2.37. The molecule has 2 aliphatic rings. The van der Waals surface area contributed by atoms with Crippen LogP contribution in [0.15, 0.2) is 24.3 Å². The number of carbonyl (C=O) groups excluding carboxylic acids is 1. The van der Waals surface area contributed by atoms with Crippen LogP contribution < -0.4 is 20.1 Å². The minimum absolute atomic E-state index is 0.0564. The standard InChI is InChI=1S/C23H31N5O3/c1-23(2,31-16-9-7-15(30-4)8-10-16)22(29)28-13-11-17-19(14-28)26-21(27-20(17)24-3)18-6-5-12-25-18/h7-10,18,25H,5-6,11-14H2,1-4H3,(H,24,26,27)/t18-/m1/s1. The van der Waals surface area contributed by atoms with Crippen molar-refractivity contribution in [3.63, 3.8) is 0 Å². The minimum atomic E-state index is -0.999. The summed E-state index contributed by atoms with van der Waals surface area (Å²) in [6.45, 7) is 5.67. The van der Waals surface area contributed by atoms with Gasteiger partial charge in [0.15, 0.2) is 5.60 Å². The molecule has 1 amide bonds. The molecule has 4 rings (SSSR count). The van der Waals surface area contributed by atoms with Crippen LogP contribution in [0.25, 0.3) is 0 Å². The summed E-state index contributed by atoms with van der Waals surface area (Å²) in [4.78, 5) is 24.8. The summed E-state index contributed by atoms with van der Waals surface area (Å²) in [6, 6.07) is 7.45. The molecule has 0 bridgehead atoms. The molecule has 166 valence electrons. The number of hydrogen-bond donors (Lipinski definition) is 2. The van der Waals surface area contributed by atoms with Gasteiger partial charge in [-0.15, -0.1) is 0 Å². The van der Waals surface area contributed by atoms with E-state index in [1.165, 1.54) is 0 Å². The van der Waals surface area contributed by atoms with Crippen LogP contribution in [0.4, 0.5) is 5.82 Å². The SMILES string of the molecule is CNc1nc([C@H]2CCCN2)nc2c1CCN(C(=O)C(C)(C)Oc1ccc(OC)cc1)C2. The number of nitrogens with one attached hydrogen (secondary N) is 2. The lowest BCUT2D eigenvalue weighted by atomic mass is 10.0. The Labute approximate surface area is 183 Å². The molecule has 2 aromatic rings. The number of methoxy groups -OCH3 is 1. The predicted octanol–water partition coefficient (Wildman–Crippen LogP) is 2.69. The third kappa shape index (κ3) is 4.44. The van der Waals surface area contributed by atoms with Gasteiger partial charge in [0.2, 0.25) is 0 Å². The Balaban J connectivity index is 1.52. The first-order valence-corrected chi connectivity index (χ1v) is 10.8. The van der Waals surface area contributed by atoms with E-state index in [4.69, 9.17) is 19.4 Å². The van der Waals surface area contributed by atoms with Gasteiger partial charge in [-0.05, 0) is 63.9 Å². The van der Waals surface area contributed by atoms with E-state index in [0.29, 0.717) is 25.3 Å². The van der Waals surface area contributed by atoms with Gasteiger partial charge in [-0.1, -0.05) is 0 Å². The van der Waals surface area contributed by atoms with E-state index < -0.39 is 5.60 Å². The highest BCUT2D eigenvalue weighted by Crippen LogP contribution is 2.30. The molecular formula is C23H31N5O3. The Morgan fingerprint density at radius 2 is 1.97 bits per heavy atom. The lowest BCUT2D eigenvalue weighted by molar-refractivity contribution is -0.146. The van der Waals surface area contributed by atoms with E-state index in [2.05, 4.69) is 10.6 Å². The molecule has 8 nitrogen and oxygen atoms in total. The molecule has 31 heavy (non-hydrogen) atoms. The van der Waals surface area contributed by atoms with Gasteiger partial charge < -0.3 is 25.0 Å². The number of hydrogen-bond acceptors (Lipinski definition) is 7. The molecular weight excluding hydrogens is 394 g/mol. The van der Waals surface area contributed by atoms with E-state index in [1.807, 2.05) is 50.1 Å². The van der Waals surface area contributed by atoms with Crippen LogP contribution in [-0.4, -0.2) is 53.6 Å². The summed E-state index contributed by atoms with van der Waals surface area (Å²) < 4.78 is 11.2. The molecule has 2 aliphatic heterocycles. The maximum Gasteiger partial charge on any atom is 0.266 e. The summed E-state index contributed by atoms with van der Waals surface area (Å²) in [5.74, 6) is 3.00. The van der Waals surface area contributed by atoms with Crippen LogP contribution in [0.5, 0.6) is 11.5 Å². The molecule has 1 aromatic heterocycles. The van der Waals surface area contributed by atoms with Crippen molar-refractivity contribution in [2.75, 3.05) is 32.6 Å². The molecule has 1 atom stereocenters. The second-order valence-corrected chi connectivity index (χ2v) is 8.52. The van der Waals surface area contributed by atoms with Crippen molar-refractivity contribution in [1.82, 2.24) is 20.2 Å². The van der Waals surface area contributed by atoms with Gasteiger partial charge in [0, 0.05) is 19.2 Å². The van der Waals surface area contributed by atoms with E-state index in [1.54, 1.807) is 7.11 Å². The van der Waals surface area contributed by atoms with Crippen molar-refractivity contribution in [3.8, 4) is 11.5 Å². The van der Waals surface area contributed by atoms with Crippen molar-refractivity contribution in [2.24, 2.45) is 0 Å². The lowest BCUT2D eigenvalue weighted by Crippen LogP contribution is -2.50. The number of fused-ring (bicyclic) bond motifs is 1. The molecule has 0 spiro atoms. The number of rotatable bonds is 6. The lowest BCUT2D eigenvalue weighted by Gasteiger charge is -2.35. The maximum atomic E-state index is 13.4. The van der Waals surface area contributed by atoms with E-state index >= 15 is 0 Å². The average Bonchev–Trinajstić information content (AvgIpc) is 3.32. The Kier molecular flexibility index (Phi) is 6.00. The minimum Gasteiger partial charge on any atom is -0.497 e. The maximum absolute atomic E-state index is 13.4. The highest BCUT2D eigenvalue weighted by atomic mass is 16.5. The summed E-state index contributed by atoms with van der Waals surface area (Å²) in [5, 5.41) is 6.68. The fourth-order valence-electron chi connectivity index (χ4n) is 4.25. The third-order valence-electron chi connectivity index (χ3n) is 5.93. The van der Waals surface area contributed by atoms with E-state index in [9.17, 15) is 4.79 Å². The second-order valence-electron chi connectivity index (χ2n) is 8.52. The summed E-state index contributed by atoms with van der Waals surface area (Å²) in [7, 11) is 3.51. The van der Waals surface area contributed by atoms with Gasteiger partial charge in [0.05, 0.1) is 25.4 Å². The zero-order valence-electron chi connectivity index (χ0n) is 18.7.